The highest BCUT2D eigenvalue weighted by atomic mass is 19.4. The molecule has 1 atom stereocenters. The second-order valence-electron chi connectivity index (χ2n) is 7.90. The number of fused-ring (bicyclic) bond motifs is 3. The van der Waals surface area contributed by atoms with Crippen LogP contribution in [0.5, 0.6) is 0 Å². The van der Waals surface area contributed by atoms with Gasteiger partial charge in [0.15, 0.2) is 0 Å². The summed E-state index contributed by atoms with van der Waals surface area (Å²) in [5, 5.41) is 5.49. The number of carbonyl (C=O) groups is 1. The van der Waals surface area contributed by atoms with E-state index < -0.39 is 29.6 Å². The summed E-state index contributed by atoms with van der Waals surface area (Å²) in [5.74, 6) is -5.18. The van der Waals surface area contributed by atoms with Gasteiger partial charge in [-0.15, -0.1) is 0 Å². The van der Waals surface area contributed by atoms with E-state index in [1.807, 2.05) is 0 Å². The second-order valence-corrected chi connectivity index (χ2v) is 7.90. The molecule has 4 aromatic rings. The third-order valence-corrected chi connectivity index (χ3v) is 5.83. The normalized spacial score (nSPS) is 13.4. The van der Waals surface area contributed by atoms with E-state index in [-0.39, 0.29) is 11.5 Å². The summed E-state index contributed by atoms with van der Waals surface area (Å²) in [6, 6.07) is 4.63. The zero-order valence-electron chi connectivity index (χ0n) is 18.2. The smallest absolute Gasteiger partial charge is 0.382 e. The van der Waals surface area contributed by atoms with Crippen LogP contribution < -0.4 is 5.73 Å². The lowest BCUT2D eigenvalue weighted by atomic mass is 10.0. The molecule has 34 heavy (non-hydrogen) atoms. The van der Waals surface area contributed by atoms with Gasteiger partial charge < -0.3 is 10.6 Å². The van der Waals surface area contributed by atoms with Crippen molar-refractivity contribution < 1.29 is 26.7 Å². The first-order chi connectivity index (χ1) is 15.8. The number of hydrogen-bond acceptors (Lipinski definition) is 5. The van der Waals surface area contributed by atoms with Crippen LogP contribution in [0.15, 0.2) is 42.7 Å². The van der Waals surface area contributed by atoms with Gasteiger partial charge in [0.25, 0.3) is 5.91 Å². The molecule has 0 aliphatic rings. The predicted octanol–water partition coefficient (Wildman–Crippen LogP) is 4.59. The van der Waals surface area contributed by atoms with E-state index in [1.54, 1.807) is 30.9 Å². The molecule has 7 nitrogen and oxygen atoms in total. The standard InChI is InChI=1S/C22H19F5N6O/c1-11(12-4-6-13(7-5-12)21(23,24)22(25,26)27)32(2)20(34)16-8-14-15-9-30-33(3)18(15)19(28)31-17(14)10-29-16/h4-11H,1-3H3,(H2,28,31)/t11-/m1/s1. The number of halogens is 5. The monoisotopic (exact) mass is 478 g/mol. The summed E-state index contributed by atoms with van der Waals surface area (Å²) in [7, 11) is 3.20. The topological polar surface area (TPSA) is 89.9 Å². The number of nitrogens with zero attached hydrogens (tertiary/aromatic N) is 5. The van der Waals surface area contributed by atoms with E-state index in [9.17, 15) is 26.7 Å². The molecule has 178 valence electrons. The van der Waals surface area contributed by atoms with Crippen molar-refractivity contribution in [2.75, 3.05) is 12.8 Å². The number of anilines is 1. The molecule has 1 aromatic carbocycles. The fraction of sp³-hybridized carbons (Fsp3) is 0.273. The van der Waals surface area contributed by atoms with Gasteiger partial charge in [-0.25, -0.2) is 9.97 Å². The van der Waals surface area contributed by atoms with E-state index in [0.717, 1.165) is 12.1 Å². The van der Waals surface area contributed by atoms with Gasteiger partial charge in [0, 0.05) is 30.4 Å². The summed E-state index contributed by atoms with van der Waals surface area (Å²) < 4.78 is 66.5. The molecule has 0 aliphatic heterocycles. The van der Waals surface area contributed by atoms with Crippen molar-refractivity contribution in [3.63, 3.8) is 0 Å². The van der Waals surface area contributed by atoms with E-state index in [2.05, 4.69) is 15.1 Å². The molecule has 0 saturated heterocycles. The second kappa shape index (κ2) is 7.89. The highest BCUT2D eigenvalue weighted by molar-refractivity contribution is 6.09. The van der Waals surface area contributed by atoms with Crippen LogP contribution in [0.4, 0.5) is 27.8 Å². The molecule has 0 unspecified atom stereocenters. The Morgan fingerprint density at radius 2 is 1.74 bits per heavy atom. The zero-order chi connectivity index (χ0) is 25.0. The van der Waals surface area contributed by atoms with Crippen molar-refractivity contribution >= 4 is 33.5 Å². The number of aryl methyl sites for hydroxylation is 1. The van der Waals surface area contributed by atoms with Crippen molar-refractivity contribution in [1.29, 1.82) is 0 Å². The number of hydrogen-bond donors (Lipinski definition) is 1. The molecule has 4 rings (SSSR count). The average Bonchev–Trinajstić information content (AvgIpc) is 3.19. The molecule has 0 spiro atoms. The maximum absolute atomic E-state index is 13.6. The fourth-order valence-corrected chi connectivity index (χ4v) is 3.71. The molecule has 3 heterocycles. The SMILES string of the molecule is C[C@H](c1ccc(C(F)(F)C(F)(F)F)cc1)N(C)C(=O)c1cc2c(cn1)nc(N)c1c2cnn1C. The number of carbonyl (C=O) groups excluding carboxylic acids is 1. The first-order valence-electron chi connectivity index (χ1n) is 10.0. The Bertz CT molecular complexity index is 1400. The minimum atomic E-state index is -5.70. The predicted molar refractivity (Wildman–Crippen MR) is 115 cm³/mol. The number of amides is 1. The first-order valence-corrected chi connectivity index (χ1v) is 10.0. The van der Waals surface area contributed by atoms with Crippen LogP contribution in [0.25, 0.3) is 21.8 Å². The van der Waals surface area contributed by atoms with Crippen LogP contribution in [-0.2, 0) is 13.0 Å². The molecule has 1 amide bonds. The molecular weight excluding hydrogens is 459 g/mol. The number of benzene rings is 1. The Balaban J connectivity index is 1.63. The largest absolute Gasteiger partial charge is 0.458 e. The van der Waals surface area contributed by atoms with Crippen LogP contribution >= 0.6 is 0 Å². The average molecular weight is 478 g/mol. The third kappa shape index (κ3) is 3.68. The minimum Gasteiger partial charge on any atom is -0.382 e. The summed E-state index contributed by atoms with van der Waals surface area (Å²) >= 11 is 0. The van der Waals surface area contributed by atoms with E-state index in [1.165, 1.54) is 18.1 Å². The lowest BCUT2D eigenvalue weighted by Crippen LogP contribution is -2.33. The highest BCUT2D eigenvalue weighted by Crippen LogP contribution is 2.44. The molecule has 0 saturated carbocycles. The number of alkyl halides is 5. The molecule has 0 fully saturated rings. The summed E-state index contributed by atoms with van der Waals surface area (Å²) in [6.07, 6.45) is -2.68. The molecule has 0 aliphatic carbocycles. The number of nitrogens with two attached hydrogens (primary N) is 1. The van der Waals surface area contributed by atoms with Gasteiger partial charge in [-0.05, 0) is 18.6 Å². The summed E-state index contributed by atoms with van der Waals surface area (Å²) in [6.45, 7) is 1.62. The number of aromatic nitrogens is 4. The van der Waals surface area contributed by atoms with Crippen molar-refractivity contribution in [2.24, 2.45) is 7.05 Å². The molecular formula is C22H19F5N6O. The Labute approximate surface area is 190 Å². The summed E-state index contributed by atoms with van der Waals surface area (Å²) in [4.78, 5) is 22.9. The Kier molecular flexibility index (Phi) is 5.41. The van der Waals surface area contributed by atoms with Crippen LogP contribution in [-0.4, -0.2) is 43.8 Å². The van der Waals surface area contributed by atoms with Crippen molar-refractivity contribution in [3.8, 4) is 0 Å². The number of pyridine rings is 2. The Hall–Kier alpha value is -3.83. The van der Waals surface area contributed by atoms with E-state index in [0.29, 0.717) is 39.5 Å². The molecule has 2 N–H and O–H groups in total. The number of nitrogen functional groups attached to an aromatic ring is 1. The van der Waals surface area contributed by atoms with Gasteiger partial charge in [0.05, 0.1) is 24.0 Å². The summed E-state index contributed by atoms with van der Waals surface area (Å²) in [5.41, 5.74) is 6.38. The quantitative estimate of drug-likeness (QED) is 0.434. The molecule has 12 heteroatoms. The van der Waals surface area contributed by atoms with Gasteiger partial charge in [0.1, 0.15) is 17.0 Å². The van der Waals surface area contributed by atoms with Crippen molar-refractivity contribution in [3.05, 3.63) is 59.5 Å². The zero-order valence-corrected chi connectivity index (χ0v) is 18.2. The Morgan fingerprint density at radius 1 is 1.09 bits per heavy atom. The van der Waals surface area contributed by atoms with Gasteiger partial charge in [-0.2, -0.15) is 27.1 Å². The van der Waals surface area contributed by atoms with Gasteiger partial charge >= 0.3 is 12.1 Å². The van der Waals surface area contributed by atoms with Crippen LogP contribution in [0.3, 0.4) is 0 Å². The number of rotatable bonds is 4. The van der Waals surface area contributed by atoms with Gasteiger partial charge in [-0.1, -0.05) is 24.3 Å². The van der Waals surface area contributed by atoms with E-state index >= 15 is 0 Å². The van der Waals surface area contributed by atoms with Crippen molar-refractivity contribution in [2.45, 2.75) is 25.1 Å². The maximum atomic E-state index is 13.6. The van der Waals surface area contributed by atoms with E-state index in [4.69, 9.17) is 5.73 Å². The minimum absolute atomic E-state index is 0.0961. The third-order valence-electron chi connectivity index (χ3n) is 5.83. The molecule has 0 radical (unpaired) electrons. The fourth-order valence-electron chi connectivity index (χ4n) is 3.71. The van der Waals surface area contributed by atoms with Gasteiger partial charge in [0.2, 0.25) is 0 Å². The lowest BCUT2D eigenvalue weighted by Gasteiger charge is -2.26. The van der Waals surface area contributed by atoms with Crippen LogP contribution in [0.1, 0.15) is 34.6 Å². The molecule has 3 aromatic heterocycles. The maximum Gasteiger partial charge on any atom is 0.458 e. The molecule has 0 bridgehead atoms. The van der Waals surface area contributed by atoms with Crippen molar-refractivity contribution in [1.82, 2.24) is 24.6 Å². The van der Waals surface area contributed by atoms with Crippen LogP contribution in [0.2, 0.25) is 0 Å². The lowest BCUT2D eigenvalue weighted by molar-refractivity contribution is -0.289. The highest BCUT2D eigenvalue weighted by Gasteiger charge is 2.58. The van der Waals surface area contributed by atoms with Gasteiger partial charge in [-0.3, -0.25) is 9.48 Å². The van der Waals surface area contributed by atoms with Crippen LogP contribution in [0, 0.1) is 0 Å². The Morgan fingerprint density at radius 3 is 2.35 bits per heavy atom. The first kappa shape index (κ1) is 23.3.